The molecule has 0 saturated heterocycles. The summed E-state index contributed by atoms with van der Waals surface area (Å²) in [5, 5.41) is 5.70. The van der Waals surface area contributed by atoms with Crippen molar-refractivity contribution in [3.63, 3.8) is 0 Å². The van der Waals surface area contributed by atoms with E-state index in [4.69, 9.17) is 13.7 Å². The molecular weight excluding hydrogens is 450 g/mol. The van der Waals surface area contributed by atoms with Gasteiger partial charge in [-0.05, 0) is 36.4 Å². The molecule has 10 heteroatoms. The van der Waals surface area contributed by atoms with Gasteiger partial charge in [-0.3, -0.25) is 4.98 Å². The van der Waals surface area contributed by atoms with E-state index in [0.29, 0.717) is 22.3 Å². The number of pyridine rings is 1. The third kappa shape index (κ3) is 4.82. The molecule has 0 bridgehead atoms. The minimum atomic E-state index is -4.08. The smallest absolute Gasteiger partial charge is 0.339 e. The summed E-state index contributed by atoms with van der Waals surface area (Å²) in [6.45, 7) is 0. The number of rotatable bonds is 8. The Morgan fingerprint density at radius 3 is 2.50 bits per heavy atom. The molecule has 0 saturated carbocycles. The van der Waals surface area contributed by atoms with Crippen LogP contribution in [0.4, 0.5) is 10.8 Å². The molecule has 2 aromatic heterocycles. The van der Waals surface area contributed by atoms with E-state index in [9.17, 15) is 8.42 Å². The molecule has 1 N–H and O–H groups in total. The topological polar surface area (TPSA) is 99.6 Å². The fourth-order valence-corrected chi connectivity index (χ4v) is 4.52. The van der Waals surface area contributed by atoms with E-state index < -0.39 is 10.1 Å². The zero-order valence-electron chi connectivity index (χ0n) is 17.2. The summed E-state index contributed by atoms with van der Waals surface area (Å²) in [6.07, 6.45) is 1.71. The van der Waals surface area contributed by atoms with Crippen LogP contribution in [-0.4, -0.2) is 32.6 Å². The summed E-state index contributed by atoms with van der Waals surface area (Å²) < 4.78 is 41.1. The van der Waals surface area contributed by atoms with Gasteiger partial charge in [0.1, 0.15) is 16.3 Å². The number of thiazole rings is 1. The van der Waals surface area contributed by atoms with Gasteiger partial charge in [0.2, 0.25) is 0 Å². The lowest BCUT2D eigenvalue weighted by Crippen LogP contribution is -2.10. The molecule has 164 valence electrons. The summed E-state index contributed by atoms with van der Waals surface area (Å²) in [5.74, 6) is 0.873. The third-order valence-electron chi connectivity index (χ3n) is 4.37. The van der Waals surface area contributed by atoms with Crippen LogP contribution in [-0.2, 0) is 10.1 Å². The Kier molecular flexibility index (Phi) is 6.24. The van der Waals surface area contributed by atoms with Crippen molar-refractivity contribution in [2.45, 2.75) is 4.90 Å². The van der Waals surface area contributed by atoms with E-state index >= 15 is 0 Å². The Morgan fingerprint density at radius 2 is 1.75 bits per heavy atom. The zero-order chi connectivity index (χ0) is 22.6. The molecule has 0 radical (unpaired) electrons. The van der Waals surface area contributed by atoms with E-state index in [1.165, 1.54) is 43.8 Å². The van der Waals surface area contributed by atoms with Crippen LogP contribution < -0.4 is 19.0 Å². The molecule has 8 nitrogen and oxygen atoms in total. The summed E-state index contributed by atoms with van der Waals surface area (Å²) in [6, 6.07) is 16.5. The second-order valence-electron chi connectivity index (χ2n) is 6.46. The fourth-order valence-electron chi connectivity index (χ4n) is 2.86. The molecule has 0 aliphatic rings. The van der Waals surface area contributed by atoms with Gasteiger partial charge in [0.15, 0.2) is 16.6 Å². The number of hydrogen-bond acceptors (Lipinski definition) is 9. The lowest BCUT2D eigenvalue weighted by Gasteiger charge is -2.11. The van der Waals surface area contributed by atoms with E-state index in [1.807, 2.05) is 23.6 Å². The van der Waals surface area contributed by atoms with Crippen LogP contribution in [0.2, 0.25) is 0 Å². The van der Waals surface area contributed by atoms with Gasteiger partial charge < -0.3 is 19.0 Å². The van der Waals surface area contributed by atoms with Crippen molar-refractivity contribution < 1.29 is 22.1 Å². The molecule has 0 fully saturated rings. The molecule has 0 spiro atoms. The number of methoxy groups -OCH3 is 2. The maximum Gasteiger partial charge on any atom is 0.339 e. The van der Waals surface area contributed by atoms with Crippen molar-refractivity contribution in [1.29, 1.82) is 0 Å². The molecule has 32 heavy (non-hydrogen) atoms. The highest BCUT2D eigenvalue weighted by Crippen LogP contribution is 2.32. The predicted octanol–water partition coefficient (Wildman–Crippen LogP) is 4.73. The predicted molar refractivity (Wildman–Crippen MR) is 122 cm³/mol. The van der Waals surface area contributed by atoms with Gasteiger partial charge in [0.25, 0.3) is 0 Å². The van der Waals surface area contributed by atoms with Gasteiger partial charge >= 0.3 is 10.1 Å². The van der Waals surface area contributed by atoms with Crippen molar-refractivity contribution in [3.8, 4) is 28.6 Å². The first-order valence-corrected chi connectivity index (χ1v) is 11.7. The second-order valence-corrected chi connectivity index (χ2v) is 8.86. The summed E-state index contributed by atoms with van der Waals surface area (Å²) in [4.78, 5) is 8.76. The first kappa shape index (κ1) is 21.6. The highest BCUT2D eigenvalue weighted by molar-refractivity contribution is 7.87. The zero-order valence-corrected chi connectivity index (χ0v) is 18.8. The Bertz CT molecular complexity index is 1320. The number of benzene rings is 2. The maximum atomic E-state index is 12.7. The number of aromatic nitrogens is 2. The monoisotopic (exact) mass is 469 g/mol. The third-order valence-corrected chi connectivity index (χ3v) is 6.37. The van der Waals surface area contributed by atoms with Crippen LogP contribution in [0.1, 0.15) is 0 Å². The maximum absolute atomic E-state index is 12.7. The molecule has 4 aromatic rings. The van der Waals surface area contributed by atoms with Crippen LogP contribution in [0.25, 0.3) is 11.4 Å². The number of hydrogen-bond donors (Lipinski definition) is 1. The van der Waals surface area contributed by atoms with Gasteiger partial charge in [-0.15, -0.1) is 11.3 Å². The Morgan fingerprint density at radius 1 is 0.906 bits per heavy atom. The Labute approximate surface area is 189 Å². The van der Waals surface area contributed by atoms with Gasteiger partial charge in [-0.25, -0.2) is 4.98 Å². The summed E-state index contributed by atoms with van der Waals surface area (Å²) >= 11 is 1.42. The van der Waals surface area contributed by atoms with Crippen LogP contribution >= 0.6 is 11.3 Å². The standard InChI is InChI=1S/C22H19N3O5S2/c1-28-20-10-9-17(13-21(20)29-2)32(26,27)30-16-7-5-6-15(12-16)24-22-25-19(14-31-22)18-8-3-4-11-23-18/h3-14H,1-2H3,(H,24,25). The highest BCUT2D eigenvalue weighted by atomic mass is 32.2. The molecule has 0 unspecified atom stereocenters. The van der Waals surface area contributed by atoms with Crippen molar-refractivity contribution in [2.24, 2.45) is 0 Å². The molecule has 0 atom stereocenters. The van der Waals surface area contributed by atoms with Crippen molar-refractivity contribution in [1.82, 2.24) is 9.97 Å². The Balaban J connectivity index is 1.51. The van der Waals surface area contributed by atoms with Crippen LogP contribution in [0, 0.1) is 0 Å². The molecule has 0 amide bonds. The first-order valence-electron chi connectivity index (χ1n) is 9.39. The van der Waals surface area contributed by atoms with Crippen LogP contribution in [0.5, 0.6) is 17.2 Å². The van der Waals surface area contributed by atoms with Crippen LogP contribution in [0.3, 0.4) is 0 Å². The minimum absolute atomic E-state index is 0.0477. The van der Waals surface area contributed by atoms with Crippen molar-refractivity contribution >= 4 is 32.3 Å². The van der Waals surface area contributed by atoms with E-state index in [2.05, 4.69) is 15.3 Å². The number of ether oxygens (including phenoxy) is 2. The molecule has 2 heterocycles. The normalized spacial score (nSPS) is 11.1. The molecule has 0 aliphatic carbocycles. The second kappa shape index (κ2) is 9.25. The van der Waals surface area contributed by atoms with Gasteiger partial charge in [0.05, 0.1) is 19.9 Å². The average molecular weight is 470 g/mol. The largest absolute Gasteiger partial charge is 0.493 e. The molecule has 2 aromatic carbocycles. The van der Waals surface area contributed by atoms with Crippen molar-refractivity contribution in [2.75, 3.05) is 19.5 Å². The van der Waals surface area contributed by atoms with E-state index in [-0.39, 0.29) is 10.6 Å². The minimum Gasteiger partial charge on any atom is -0.493 e. The molecule has 0 aliphatic heterocycles. The number of anilines is 2. The molecule has 4 rings (SSSR count). The summed E-state index contributed by atoms with van der Waals surface area (Å²) in [5.41, 5.74) is 2.16. The summed E-state index contributed by atoms with van der Waals surface area (Å²) in [7, 11) is -1.17. The first-order chi connectivity index (χ1) is 15.5. The van der Waals surface area contributed by atoms with E-state index in [1.54, 1.807) is 30.5 Å². The lowest BCUT2D eigenvalue weighted by atomic mass is 10.3. The SMILES string of the molecule is COc1ccc(S(=O)(=O)Oc2cccc(Nc3nc(-c4ccccn4)cs3)c2)cc1OC. The van der Waals surface area contributed by atoms with E-state index in [0.717, 1.165) is 11.4 Å². The average Bonchev–Trinajstić information content (AvgIpc) is 3.27. The number of nitrogens with one attached hydrogen (secondary N) is 1. The Hall–Kier alpha value is -3.63. The molecular formula is C22H19N3O5S2. The van der Waals surface area contributed by atoms with Gasteiger partial charge in [-0.2, -0.15) is 8.42 Å². The van der Waals surface area contributed by atoms with Gasteiger partial charge in [-0.1, -0.05) is 12.1 Å². The lowest BCUT2D eigenvalue weighted by molar-refractivity contribution is 0.353. The highest BCUT2D eigenvalue weighted by Gasteiger charge is 2.19. The van der Waals surface area contributed by atoms with Crippen LogP contribution in [0.15, 0.2) is 77.1 Å². The quantitative estimate of drug-likeness (QED) is 0.370. The van der Waals surface area contributed by atoms with Crippen molar-refractivity contribution in [3.05, 3.63) is 72.2 Å². The fraction of sp³-hybridized carbons (Fsp3) is 0.0909. The number of nitrogens with zero attached hydrogens (tertiary/aromatic N) is 2. The van der Waals surface area contributed by atoms with Gasteiger partial charge in [0, 0.05) is 29.4 Å².